The van der Waals surface area contributed by atoms with E-state index in [4.69, 9.17) is 20.8 Å². The lowest BCUT2D eigenvalue weighted by molar-refractivity contribution is 0.0303. The first-order valence-electron chi connectivity index (χ1n) is 8.62. The normalized spacial score (nSPS) is 15.0. The van der Waals surface area contributed by atoms with Crippen LogP contribution >= 0.6 is 11.6 Å². The highest BCUT2D eigenvalue weighted by Gasteiger charge is 2.25. The number of nitrogens with one attached hydrogen (secondary N) is 1. The predicted octanol–water partition coefficient (Wildman–Crippen LogP) is 3.36. The monoisotopic (exact) mass is 420 g/mol. The molecule has 28 heavy (non-hydrogen) atoms. The Labute approximate surface area is 166 Å². The van der Waals surface area contributed by atoms with Crippen molar-refractivity contribution in [2.24, 2.45) is 0 Å². The summed E-state index contributed by atoms with van der Waals surface area (Å²) in [6.45, 7) is 1.77. The van der Waals surface area contributed by atoms with Crippen molar-refractivity contribution in [3.63, 3.8) is 0 Å². The van der Waals surface area contributed by atoms with Crippen molar-refractivity contribution >= 4 is 44.2 Å². The molecule has 0 radical (unpaired) electrons. The molecule has 1 saturated heterocycles. The van der Waals surface area contributed by atoms with Crippen LogP contribution in [0.25, 0.3) is 11.0 Å². The average molecular weight is 421 g/mol. The number of rotatable bonds is 4. The molecule has 1 aromatic heterocycles. The zero-order valence-corrected chi connectivity index (χ0v) is 16.3. The number of fused-ring (bicyclic) bond motifs is 1. The molecule has 4 rings (SSSR count). The second kappa shape index (κ2) is 7.46. The van der Waals surface area contributed by atoms with Crippen LogP contribution in [0.5, 0.6) is 0 Å². The third-order valence-corrected chi connectivity index (χ3v) is 5.88. The van der Waals surface area contributed by atoms with Crippen LogP contribution in [0, 0.1) is 0 Å². The van der Waals surface area contributed by atoms with Gasteiger partial charge in [0.05, 0.1) is 24.5 Å². The number of furan rings is 1. The number of amides is 1. The maximum absolute atomic E-state index is 12.9. The average Bonchev–Trinajstić information content (AvgIpc) is 3.13. The van der Waals surface area contributed by atoms with Gasteiger partial charge in [-0.1, -0.05) is 29.8 Å². The molecule has 1 N–H and O–H groups in total. The van der Waals surface area contributed by atoms with Gasteiger partial charge in [-0.15, -0.1) is 0 Å². The van der Waals surface area contributed by atoms with Crippen molar-refractivity contribution in [3.05, 3.63) is 59.1 Å². The van der Waals surface area contributed by atoms with Crippen LogP contribution in [-0.4, -0.2) is 45.5 Å². The molecule has 2 heterocycles. The third kappa shape index (κ3) is 3.71. The van der Waals surface area contributed by atoms with E-state index >= 15 is 0 Å². The highest BCUT2D eigenvalue weighted by Crippen LogP contribution is 2.28. The van der Waals surface area contributed by atoms with Crippen molar-refractivity contribution in [2.75, 3.05) is 31.0 Å². The Balaban J connectivity index is 1.68. The molecule has 0 saturated carbocycles. The summed E-state index contributed by atoms with van der Waals surface area (Å²) in [5.41, 5.74) is 0.772. The van der Waals surface area contributed by atoms with Crippen molar-refractivity contribution < 1.29 is 22.4 Å². The maximum atomic E-state index is 12.9. The van der Waals surface area contributed by atoms with Gasteiger partial charge in [0.1, 0.15) is 5.58 Å². The molecule has 1 aliphatic heterocycles. The number of morpholine rings is 1. The third-order valence-electron chi connectivity index (χ3n) is 4.42. The summed E-state index contributed by atoms with van der Waals surface area (Å²) in [7, 11) is -4.05. The van der Waals surface area contributed by atoms with Crippen molar-refractivity contribution in [3.8, 4) is 0 Å². The van der Waals surface area contributed by atoms with E-state index in [1.54, 1.807) is 35.2 Å². The van der Waals surface area contributed by atoms with Gasteiger partial charge in [0.25, 0.3) is 15.9 Å². The fraction of sp³-hybridized carbons (Fsp3) is 0.211. The van der Waals surface area contributed by atoms with Crippen molar-refractivity contribution in [1.82, 2.24) is 4.90 Å². The van der Waals surface area contributed by atoms with E-state index in [1.165, 1.54) is 18.2 Å². The van der Waals surface area contributed by atoms with Gasteiger partial charge in [-0.05, 0) is 24.3 Å². The van der Waals surface area contributed by atoms with Gasteiger partial charge in [-0.25, -0.2) is 0 Å². The number of carbonyl (C=O) groups excluding carboxylic acids is 1. The van der Waals surface area contributed by atoms with Gasteiger partial charge in [-0.2, -0.15) is 8.42 Å². The lowest BCUT2D eigenvalue weighted by Gasteiger charge is -2.27. The summed E-state index contributed by atoms with van der Waals surface area (Å²) in [6.07, 6.45) is 0. The SMILES string of the molecule is O=C(c1ccc(Cl)cc1NS(=O)(=O)c1cc2ccccc2o1)N1CCOCC1. The van der Waals surface area contributed by atoms with E-state index in [1.807, 2.05) is 0 Å². The smallest absolute Gasteiger partial charge is 0.295 e. The summed E-state index contributed by atoms with van der Waals surface area (Å²) in [4.78, 5) is 14.5. The number of para-hydroxylation sites is 1. The van der Waals surface area contributed by atoms with Gasteiger partial charge in [0, 0.05) is 29.6 Å². The highest BCUT2D eigenvalue weighted by molar-refractivity contribution is 7.92. The maximum Gasteiger partial charge on any atom is 0.295 e. The lowest BCUT2D eigenvalue weighted by Crippen LogP contribution is -2.41. The Morgan fingerprint density at radius 1 is 1.07 bits per heavy atom. The largest absolute Gasteiger partial charge is 0.443 e. The summed E-state index contributed by atoms with van der Waals surface area (Å²) in [5.74, 6) is -0.290. The lowest BCUT2D eigenvalue weighted by atomic mass is 10.1. The molecule has 146 valence electrons. The number of hydrogen-bond donors (Lipinski definition) is 1. The second-order valence-electron chi connectivity index (χ2n) is 6.30. The fourth-order valence-corrected chi connectivity index (χ4v) is 4.22. The summed E-state index contributed by atoms with van der Waals surface area (Å²) >= 11 is 6.04. The molecule has 2 aromatic carbocycles. The molecule has 0 unspecified atom stereocenters. The van der Waals surface area contributed by atoms with Gasteiger partial charge in [0.15, 0.2) is 0 Å². The Hall–Kier alpha value is -2.55. The molecular formula is C19H17ClN2O5S. The number of anilines is 1. The fourth-order valence-electron chi connectivity index (χ4n) is 3.01. The predicted molar refractivity (Wildman–Crippen MR) is 105 cm³/mol. The highest BCUT2D eigenvalue weighted by atomic mass is 35.5. The molecule has 0 spiro atoms. The van der Waals surface area contributed by atoms with E-state index < -0.39 is 10.0 Å². The Kier molecular flexibility index (Phi) is 5.01. The van der Waals surface area contributed by atoms with E-state index in [0.29, 0.717) is 42.3 Å². The zero-order valence-electron chi connectivity index (χ0n) is 14.7. The number of carbonyl (C=O) groups is 1. The van der Waals surface area contributed by atoms with E-state index in [-0.39, 0.29) is 22.3 Å². The molecule has 1 fully saturated rings. The number of halogens is 1. The second-order valence-corrected chi connectivity index (χ2v) is 8.35. The van der Waals surface area contributed by atoms with Crippen LogP contribution < -0.4 is 4.72 Å². The molecule has 9 heteroatoms. The van der Waals surface area contributed by atoms with Crippen molar-refractivity contribution in [1.29, 1.82) is 0 Å². The van der Waals surface area contributed by atoms with E-state index in [9.17, 15) is 13.2 Å². The van der Waals surface area contributed by atoms with Gasteiger partial charge in [-0.3, -0.25) is 9.52 Å². The summed E-state index contributed by atoms with van der Waals surface area (Å²) in [5, 5.41) is 0.734. The number of nitrogens with zero attached hydrogens (tertiary/aromatic N) is 1. The van der Waals surface area contributed by atoms with Crippen LogP contribution in [-0.2, 0) is 14.8 Å². The summed E-state index contributed by atoms with van der Waals surface area (Å²) < 4.78 is 38.8. The van der Waals surface area contributed by atoms with Crippen LogP contribution in [0.2, 0.25) is 5.02 Å². The zero-order chi connectivity index (χ0) is 19.7. The quantitative estimate of drug-likeness (QED) is 0.699. The van der Waals surface area contributed by atoms with Gasteiger partial charge >= 0.3 is 0 Å². The number of benzene rings is 2. The minimum atomic E-state index is -4.05. The van der Waals surface area contributed by atoms with Crippen LogP contribution in [0.15, 0.2) is 58.0 Å². The molecular weight excluding hydrogens is 404 g/mol. The van der Waals surface area contributed by atoms with Crippen LogP contribution in [0.3, 0.4) is 0 Å². The topological polar surface area (TPSA) is 88.8 Å². The molecule has 1 amide bonds. The summed E-state index contributed by atoms with van der Waals surface area (Å²) in [6, 6.07) is 12.9. The van der Waals surface area contributed by atoms with Gasteiger partial charge < -0.3 is 14.1 Å². The molecule has 0 atom stereocenters. The number of ether oxygens (including phenoxy) is 1. The molecule has 0 aliphatic carbocycles. The first kappa shape index (κ1) is 18.8. The first-order chi connectivity index (χ1) is 13.4. The molecule has 7 nitrogen and oxygen atoms in total. The first-order valence-corrected chi connectivity index (χ1v) is 10.5. The molecule has 1 aliphatic rings. The number of hydrogen-bond acceptors (Lipinski definition) is 5. The van der Waals surface area contributed by atoms with Gasteiger partial charge in [0.2, 0.25) is 5.09 Å². The standard InChI is InChI=1S/C19H17ClN2O5S/c20-14-5-6-15(19(23)22-7-9-26-10-8-22)16(12-14)21-28(24,25)18-11-13-3-1-2-4-17(13)27-18/h1-6,11-12,21H,7-10H2. The van der Waals surface area contributed by atoms with Crippen LogP contribution in [0.4, 0.5) is 5.69 Å². The number of sulfonamides is 1. The minimum Gasteiger partial charge on any atom is -0.443 e. The van der Waals surface area contributed by atoms with E-state index in [0.717, 1.165) is 0 Å². The molecule has 0 bridgehead atoms. The minimum absolute atomic E-state index is 0.101. The van der Waals surface area contributed by atoms with E-state index in [2.05, 4.69) is 4.72 Å². The Morgan fingerprint density at radius 2 is 1.82 bits per heavy atom. The van der Waals surface area contributed by atoms with Crippen molar-refractivity contribution in [2.45, 2.75) is 5.09 Å². The Bertz CT molecular complexity index is 1100. The molecule has 3 aromatic rings. The van der Waals surface area contributed by atoms with Crippen LogP contribution in [0.1, 0.15) is 10.4 Å². The Morgan fingerprint density at radius 3 is 2.57 bits per heavy atom.